The van der Waals surface area contributed by atoms with Crippen LogP contribution in [0.4, 0.5) is 18.3 Å². The van der Waals surface area contributed by atoms with E-state index in [-0.39, 0.29) is 29.0 Å². The monoisotopic (exact) mass is 438 g/mol. The Morgan fingerprint density at radius 2 is 2.07 bits per heavy atom. The summed E-state index contributed by atoms with van der Waals surface area (Å²) in [5.41, 5.74) is 4.79. The highest BCUT2D eigenvalue weighted by Gasteiger charge is 2.36. The number of aromatic nitrogens is 3. The molecule has 2 heterocycles. The Morgan fingerprint density at radius 1 is 1.30 bits per heavy atom. The summed E-state index contributed by atoms with van der Waals surface area (Å²) in [4.78, 5) is 28.1. The molecule has 4 N–H and O–H groups in total. The van der Waals surface area contributed by atoms with Gasteiger partial charge in [0, 0.05) is 24.2 Å². The molecule has 0 unspecified atom stereocenters. The van der Waals surface area contributed by atoms with Gasteiger partial charge in [-0.15, -0.1) is 11.3 Å². The molecule has 0 aliphatic carbocycles. The summed E-state index contributed by atoms with van der Waals surface area (Å²) >= 11 is 1.13. The van der Waals surface area contributed by atoms with Crippen molar-refractivity contribution in [3.63, 3.8) is 0 Å². The quantitative estimate of drug-likeness (QED) is 0.547. The first-order chi connectivity index (χ1) is 14.1. The Morgan fingerprint density at radius 3 is 2.70 bits per heavy atom. The first kappa shape index (κ1) is 21.5. The number of nitrogens with zero attached hydrogens (tertiary/aromatic N) is 3. The van der Waals surface area contributed by atoms with Crippen LogP contribution in [0.25, 0.3) is 5.69 Å². The lowest BCUT2D eigenvalue weighted by atomic mass is 10.2. The van der Waals surface area contributed by atoms with Crippen molar-refractivity contribution in [3.05, 3.63) is 58.9 Å². The first-order valence-electron chi connectivity index (χ1n) is 8.66. The molecular formula is C18H17F3N6O2S. The molecule has 158 valence electrons. The molecule has 0 aliphatic rings. The molecule has 1 aromatic carbocycles. The maximum atomic E-state index is 13.2. The lowest BCUT2D eigenvalue weighted by Crippen LogP contribution is -2.37. The van der Waals surface area contributed by atoms with Gasteiger partial charge in [0.25, 0.3) is 5.91 Å². The molecule has 0 saturated heterocycles. The summed E-state index contributed by atoms with van der Waals surface area (Å²) in [5.74, 6) is -1.16. The predicted molar refractivity (Wildman–Crippen MR) is 104 cm³/mol. The van der Waals surface area contributed by atoms with Crippen LogP contribution in [-0.2, 0) is 17.5 Å². The molecule has 30 heavy (non-hydrogen) atoms. The number of nitrogens with two attached hydrogens (primary N) is 1. The third kappa shape index (κ3) is 5.02. The molecule has 0 saturated carbocycles. The Kier molecular flexibility index (Phi) is 6.17. The molecule has 0 spiro atoms. The van der Waals surface area contributed by atoms with Crippen molar-refractivity contribution in [1.82, 2.24) is 20.1 Å². The molecule has 8 nitrogen and oxygen atoms in total. The topological polar surface area (TPSA) is 115 Å². The molecule has 0 aliphatic heterocycles. The van der Waals surface area contributed by atoms with E-state index in [0.29, 0.717) is 11.6 Å². The van der Waals surface area contributed by atoms with Crippen LogP contribution >= 0.6 is 11.3 Å². The minimum Gasteiger partial charge on any atom is -0.351 e. The molecular weight excluding hydrogens is 421 g/mol. The third-order valence-corrected chi connectivity index (χ3v) is 4.61. The lowest BCUT2D eigenvalue weighted by molar-refractivity contribution is -0.141. The number of rotatable bonds is 6. The number of hydrogen-bond acceptors (Lipinski definition) is 6. The second-order valence-electron chi connectivity index (χ2n) is 6.29. The highest BCUT2D eigenvalue weighted by molar-refractivity contribution is 7.13. The highest BCUT2D eigenvalue weighted by Crippen LogP contribution is 2.30. The number of nitrogens with one attached hydrogen (secondary N) is 2. The molecule has 0 fully saturated rings. The van der Waals surface area contributed by atoms with Gasteiger partial charge in [0.1, 0.15) is 5.69 Å². The normalized spacial score (nSPS) is 12.4. The number of benzene rings is 1. The van der Waals surface area contributed by atoms with E-state index in [4.69, 9.17) is 5.73 Å². The van der Waals surface area contributed by atoms with Gasteiger partial charge in [-0.2, -0.15) is 18.3 Å². The fourth-order valence-corrected chi connectivity index (χ4v) is 3.00. The van der Waals surface area contributed by atoms with E-state index in [1.165, 1.54) is 25.3 Å². The van der Waals surface area contributed by atoms with Crippen LogP contribution in [0.3, 0.4) is 0 Å². The van der Waals surface area contributed by atoms with E-state index in [1.807, 2.05) is 0 Å². The average Bonchev–Trinajstić information content (AvgIpc) is 3.35. The van der Waals surface area contributed by atoms with Gasteiger partial charge in [-0.1, -0.05) is 12.1 Å². The smallest absolute Gasteiger partial charge is 0.351 e. The summed E-state index contributed by atoms with van der Waals surface area (Å²) in [6, 6.07) is 6.26. The van der Waals surface area contributed by atoms with E-state index in [9.17, 15) is 22.8 Å². The fourth-order valence-electron chi connectivity index (χ4n) is 2.47. The van der Waals surface area contributed by atoms with Crippen LogP contribution in [0, 0.1) is 0 Å². The van der Waals surface area contributed by atoms with E-state index in [1.54, 1.807) is 17.5 Å². The fraction of sp³-hybridized carbons (Fsp3) is 0.222. The summed E-state index contributed by atoms with van der Waals surface area (Å²) in [7, 11) is 0. The number of anilines is 1. The van der Waals surface area contributed by atoms with Gasteiger partial charge in [-0.3, -0.25) is 14.9 Å². The summed E-state index contributed by atoms with van der Waals surface area (Å²) < 4.78 is 40.6. The van der Waals surface area contributed by atoms with Gasteiger partial charge in [-0.25, -0.2) is 9.67 Å². The predicted octanol–water partition coefficient (Wildman–Crippen LogP) is 2.56. The van der Waals surface area contributed by atoms with Crippen molar-refractivity contribution in [2.75, 3.05) is 5.32 Å². The van der Waals surface area contributed by atoms with Crippen LogP contribution in [-0.4, -0.2) is 32.6 Å². The largest absolute Gasteiger partial charge is 0.435 e. The zero-order chi connectivity index (χ0) is 21.9. The maximum Gasteiger partial charge on any atom is 0.435 e. The van der Waals surface area contributed by atoms with Crippen molar-refractivity contribution >= 4 is 28.3 Å². The van der Waals surface area contributed by atoms with Crippen molar-refractivity contribution in [2.45, 2.75) is 25.7 Å². The molecule has 12 heteroatoms. The Hall–Kier alpha value is -3.25. The van der Waals surface area contributed by atoms with Crippen LogP contribution in [0.15, 0.2) is 41.9 Å². The molecule has 2 amide bonds. The van der Waals surface area contributed by atoms with Crippen molar-refractivity contribution in [3.8, 4) is 5.69 Å². The molecule has 0 radical (unpaired) electrons. The maximum absolute atomic E-state index is 13.2. The van der Waals surface area contributed by atoms with Gasteiger partial charge in [0.2, 0.25) is 5.91 Å². The molecule has 1 atom stereocenters. The number of hydrogen-bond donors (Lipinski definition) is 3. The number of carbonyl (C=O) groups is 2. The zero-order valence-corrected chi connectivity index (χ0v) is 16.4. The summed E-state index contributed by atoms with van der Waals surface area (Å²) in [5, 5.41) is 10.5. The molecule has 2 aromatic heterocycles. The third-order valence-electron chi connectivity index (χ3n) is 3.92. The minimum absolute atomic E-state index is 0.113. The Labute approximate surface area is 172 Å². The van der Waals surface area contributed by atoms with Gasteiger partial charge in [0.05, 0.1) is 11.7 Å². The van der Waals surface area contributed by atoms with Crippen LogP contribution in [0.5, 0.6) is 0 Å². The van der Waals surface area contributed by atoms with Gasteiger partial charge in [-0.05, 0) is 24.6 Å². The Bertz CT molecular complexity index is 1050. The average molecular weight is 438 g/mol. The second kappa shape index (κ2) is 8.63. The van der Waals surface area contributed by atoms with Gasteiger partial charge in [0.15, 0.2) is 10.8 Å². The van der Waals surface area contributed by atoms with Gasteiger partial charge < -0.3 is 11.1 Å². The van der Waals surface area contributed by atoms with E-state index < -0.39 is 23.8 Å². The number of alkyl halides is 3. The van der Waals surface area contributed by atoms with Crippen LogP contribution in [0.1, 0.15) is 28.7 Å². The van der Waals surface area contributed by atoms with Crippen LogP contribution < -0.4 is 16.4 Å². The number of halogens is 3. The van der Waals surface area contributed by atoms with E-state index in [0.717, 1.165) is 16.0 Å². The second-order valence-corrected chi connectivity index (χ2v) is 7.19. The number of carbonyl (C=O) groups excluding carboxylic acids is 2. The first-order valence-corrected chi connectivity index (χ1v) is 9.54. The van der Waals surface area contributed by atoms with Crippen molar-refractivity contribution < 1.29 is 22.8 Å². The molecule has 3 aromatic rings. The zero-order valence-electron chi connectivity index (χ0n) is 15.6. The summed E-state index contributed by atoms with van der Waals surface area (Å²) in [6.07, 6.45) is -3.27. The van der Waals surface area contributed by atoms with Crippen LogP contribution in [0.2, 0.25) is 0 Å². The molecule has 3 rings (SSSR count). The standard InChI is InChI=1S/C18H17F3N6O2S/c1-10(22)15(28)24-9-11-3-2-4-12(7-11)27-13(8-14(26-27)18(19,20)21)16(29)25-17-23-5-6-30-17/h2-8,10H,9,22H2,1H3,(H,24,28)(H,23,25,29)/t10-/m0/s1. The van der Waals surface area contributed by atoms with E-state index in [2.05, 4.69) is 20.7 Å². The lowest BCUT2D eigenvalue weighted by Gasteiger charge is -2.11. The minimum atomic E-state index is -4.73. The number of thiazole rings is 1. The SMILES string of the molecule is C[C@H](N)C(=O)NCc1cccc(-n2nc(C(F)(F)F)cc2C(=O)Nc2nccs2)c1. The van der Waals surface area contributed by atoms with Crippen molar-refractivity contribution in [1.29, 1.82) is 0 Å². The number of amides is 2. The summed E-state index contributed by atoms with van der Waals surface area (Å²) in [6.45, 7) is 1.64. The van der Waals surface area contributed by atoms with Gasteiger partial charge >= 0.3 is 6.18 Å². The van der Waals surface area contributed by atoms with E-state index >= 15 is 0 Å². The van der Waals surface area contributed by atoms with Crippen molar-refractivity contribution in [2.24, 2.45) is 5.73 Å². The highest BCUT2D eigenvalue weighted by atomic mass is 32.1. The molecule has 0 bridgehead atoms. The Balaban J connectivity index is 1.94.